The van der Waals surface area contributed by atoms with Crippen molar-refractivity contribution in [2.45, 2.75) is 44.0 Å². The number of carbonyl (C=O) groups is 1. The molecule has 1 saturated carbocycles. The van der Waals surface area contributed by atoms with E-state index in [0.29, 0.717) is 6.61 Å². The van der Waals surface area contributed by atoms with Crippen LogP contribution in [0.4, 0.5) is 4.79 Å². The fourth-order valence-electron chi connectivity index (χ4n) is 2.23. The van der Waals surface area contributed by atoms with E-state index in [1.807, 2.05) is 0 Å². The molecule has 5 heteroatoms. The second-order valence-electron chi connectivity index (χ2n) is 4.15. The first-order valence-corrected chi connectivity index (χ1v) is 5.44. The molecule has 2 N–H and O–H groups in total. The smallest absolute Gasteiger partial charge is 0.404 e. The predicted molar refractivity (Wildman–Crippen MR) is 52.2 cm³/mol. The zero-order valence-electron chi connectivity index (χ0n) is 8.74. The molecule has 0 unspecified atom stereocenters. The lowest BCUT2D eigenvalue weighted by atomic mass is 9.94. The third kappa shape index (κ3) is 2.60. The van der Waals surface area contributed by atoms with E-state index in [-0.39, 0.29) is 12.7 Å². The molecule has 1 spiro atoms. The Morgan fingerprint density at radius 1 is 1.40 bits per heavy atom. The Morgan fingerprint density at radius 3 is 2.80 bits per heavy atom. The van der Waals surface area contributed by atoms with Gasteiger partial charge in [0.15, 0.2) is 5.79 Å². The number of hydrogen-bond donors (Lipinski definition) is 1. The summed E-state index contributed by atoms with van der Waals surface area (Å²) in [5.74, 6) is -0.399. The molecule has 2 fully saturated rings. The highest BCUT2D eigenvalue weighted by Crippen LogP contribution is 2.37. The maximum Gasteiger partial charge on any atom is 0.404 e. The van der Waals surface area contributed by atoms with Crippen LogP contribution in [0.5, 0.6) is 0 Å². The molecule has 0 aromatic heterocycles. The summed E-state index contributed by atoms with van der Waals surface area (Å²) in [4.78, 5) is 10.4. The summed E-state index contributed by atoms with van der Waals surface area (Å²) in [6.07, 6.45) is 4.50. The lowest BCUT2D eigenvalue weighted by molar-refractivity contribution is -0.189. The van der Waals surface area contributed by atoms with Gasteiger partial charge in [-0.25, -0.2) is 4.79 Å². The van der Waals surface area contributed by atoms with Crippen molar-refractivity contribution in [2.24, 2.45) is 5.73 Å². The van der Waals surface area contributed by atoms with Gasteiger partial charge in [-0.15, -0.1) is 0 Å². The minimum Gasteiger partial charge on any atom is -0.447 e. The molecule has 1 amide bonds. The topological polar surface area (TPSA) is 70.8 Å². The summed E-state index contributed by atoms with van der Waals surface area (Å²) in [5.41, 5.74) is 4.88. The van der Waals surface area contributed by atoms with Crippen LogP contribution in [0.25, 0.3) is 0 Å². The Hall–Kier alpha value is -0.810. The Balaban J connectivity index is 1.80. The van der Waals surface area contributed by atoms with Crippen LogP contribution in [0.1, 0.15) is 32.1 Å². The van der Waals surface area contributed by atoms with E-state index in [0.717, 1.165) is 25.7 Å². The molecule has 5 nitrogen and oxygen atoms in total. The molecular weight excluding hydrogens is 198 g/mol. The minimum absolute atomic E-state index is 0.157. The molecule has 2 aliphatic rings. The molecule has 0 aromatic rings. The third-order valence-electron chi connectivity index (χ3n) is 2.94. The lowest BCUT2D eigenvalue weighted by Gasteiger charge is -2.31. The molecule has 86 valence electrons. The van der Waals surface area contributed by atoms with Crippen LogP contribution >= 0.6 is 0 Å². The summed E-state index contributed by atoms with van der Waals surface area (Å²) >= 11 is 0. The van der Waals surface area contributed by atoms with Gasteiger partial charge in [0.25, 0.3) is 0 Å². The Kier molecular flexibility index (Phi) is 3.11. The first kappa shape index (κ1) is 10.7. The zero-order valence-corrected chi connectivity index (χ0v) is 8.74. The van der Waals surface area contributed by atoms with Crippen molar-refractivity contribution >= 4 is 6.09 Å². The Labute approximate surface area is 88.9 Å². The average molecular weight is 215 g/mol. The molecule has 0 radical (unpaired) electrons. The average Bonchev–Trinajstić information content (AvgIpc) is 2.60. The molecular formula is C10H17NO4. The molecule has 0 bridgehead atoms. The van der Waals surface area contributed by atoms with Gasteiger partial charge in [0.2, 0.25) is 0 Å². The largest absolute Gasteiger partial charge is 0.447 e. The molecule has 15 heavy (non-hydrogen) atoms. The first-order valence-electron chi connectivity index (χ1n) is 5.44. The van der Waals surface area contributed by atoms with Crippen LogP contribution in [0.3, 0.4) is 0 Å². The van der Waals surface area contributed by atoms with Crippen LogP contribution < -0.4 is 5.73 Å². The van der Waals surface area contributed by atoms with Crippen molar-refractivity contribution in [3.8, 4) is 0 Å². The van der Waals surface area contributed by atoms with Gasteiger partial charge in [-0.1, -0.05) is 6.42 Å². The summed E-state index contributed by atoms with van der Waals surface area (Å²) in [6.45, 7) is 0.685. The highest BCUT2D eigenvalue weighted by atomic mass is 16.8. The molecule has 1 atom stereocenters. The number of nitrogens with two attached hydrogens (primary N) is 1. The molecule has 1 aliphatic heterocycles. The molecule has 2 rings (SSSR count). The standard InChI is InChI=1S/C10H17NO4/c11-9(12)13-6-8-7-14-10(15-8)4-2-1-3-5-10/h8H,1-7H2,(H2,11,12)/t8-/m1/s1. The SMILES string of the molecule is NC(=O)OC[C@@H]1COC2(CCCCC2)O1. The van der Waals surface area contributed by atoms with E-state index in [4.69, 9.17) is 19.9 Å². The zero-order chi connectivity index (χ0) is 10.7. The van der Waals surface area contributed by atoms with Crippen LogP contribution in [0.15, 0.2) is 0 Å². The van der Waals surface area contributed by atoms with E-state index < -0.39 is 11.9 Å². The number of carbonyl (C=O) groups excluding carboxylic acids is 1. The second kappa shape index (κ2) is 4.37. The van der Waals surface area contributed by atoms with Crippen LogP contribution in [0.2, 0.25) is 0 Å². The van der Waals surface area contributed by atoms with Gasteiger partial charge >= 0.3 is 6.09 Å². The number of rotatable bonds is 2. The van der Waals surface area contributed by atoms with E-state index >= 15 is 0 Å². The highest BCUT2D eigenvalue weighted by Gasteiger charge is 2.42. The van der Waals surface area contributed by atoms with Crippen molar-refractivity contribution in [3.63, 3.8) is 0 Å². The van der Waals surface area contributed by atoms with E-state index in [2.05, 4.69) is 0 Å². The van der Waals surface area contributed by atoms with Crippen molar-refractivity contribution in [1.82, 2.24) is 0 Å². The Bertz CT molecular complexity index is 238. The van der Waals surface area contributed by atoms with Crippen LogP contribution in [-0.4, -0.2) is 31.2 Å². The maximum atomic E-state index is 10.4. The fourth-order valence-corrected chi connectivity index (χ4v) is 2.23. The van der Waals surface area contributed by atoms with E-state index in [1.165, 1.54) is 6.42 Å². The molecule has 0 aromatic carbocycles. The fraction of sp³-hybridized carbons (Fsp3) is 0.900. The van der Waals surface area contributed by atoms with Gasteiger partial charge in [0.1, 0.15) is 12.7 Å². The van der Waals surface area contributed by atoms with Crippen LogP contribution in [-0.2, 0) is 14.2 Å². The maximum absolute atomic E-state index is 10.4. The van der Waals surface area contributed by atoms with E-state index in [9.17, 15) is 4.79 Å². The summed E-state index contributed by atoms with van der Waals surface area (Å²) in [5, 5.41) is 0. The Morgan fingerprint density at radius 2 is 2.13 bits per heavy atom. The molecule has 1 heterocycles. The number of amides is 1. The summed E-state index contributed by atoms with van der Waals surface area (Å²) < 4.78 is 16.2. The van der Waals surface area contributed by atoms with Gasteiger partial charge in [0, 0.05) is 12.8 Å². The summed E-state index contributed by atoms with van der Waals surface area (Å²) in [7, 11) is 0. The number of ether oxygens (including phenoxy) is 3. The van der Waals surface area contributed by atoms with Gasteiger partial charge in [-0.2, -0.15) is 0 Å². The predicted octanol–water partition coefficient (Wildman–Crippen LogP) is 1.16. The first-order chi connectivity index (χ1) is 7.20. The van der Waals surface area contributed by atoms with Crippen molar-refractivity contribution in [1.29, 1.82) is 0 Å². The van der Waals surface area contributed by atoms with Gasteiger partial charge in [0.05, 0.1) is 6.61 Å². The summed E-state index contributed by atoms with van der Waals surface area (Å²) in [6, 6.07) is 0. The van der Waals surface area contributed by atoms with E-state index in [1.54, 1.807) is 0 Å². The monoisotopic (exact) mass is 215 g/mol. The van der Waals surface area contributed by atoms with Gasteiger partial charge in [-0.3, -0.25) is 0 Å². The minimum atomic E-state index is -0.761. The third-order valence-corrected chi connectivity index (χ3v) is 2.94. The van der Waals surface area contributed by atoms with Crippen molar-refractivity contribution in [3.05, 3.63) is 0 Å². The van der Waals surface area contributed by atoms with Gasteiger partial charge < -0.3 is 19.9 Å². The van der Waals surface area contributed by atoms with Crippen LogP contribution in [0, 0.1) is 0 Å². The lowest BCUT2D eigenvalue weighted by Crippen LogP contribution is -2.34. The van der Waals surface area contributed by atoms with Crippen molar-refractivity contribution in [2.75, 3.05) is 13.2 Å². The second-order valence-corrected chi connectivity index (χ2v) is 4.15. The normalized spacial score (nSPS) is 29.2. The molecule has 1 aliphatic carbocycles. The van der Waals surface area contributed by atoms with Gasteiger partial charge in [-0.05, 0) is 12.8 Å². The van der Waals surface area contributed by atoms with Crippen molar-refractivity contribution < 1.29 is 19.0 Å². The number of primary amides is 1. The number of hydrogen-bond acceptors (Lipinski definition) is 4. The molecule has 1 saturated heterocycles. The highest BCUT2D eigenvalue weighted by molar-refractivity contribution is 5.64. The quantitative estimate of drug-likeness (QED) is 0.750.